The number of carbonyl (C=O) groups is 2. The van der Waals surface area contributed by atoms with Crippen molar-refractivity contribution in [2.75, 3.05) is 31.6 Å². The quantitative estimate of drug-likeness (QED) is 0.558. The molecule has 31 heavy (non-hydrogen) atoms. The van der Waals surface area contributed by atoms with Crippen molar-refractivity contribution in [1.29, 1.82) is 0 Å². The van der Waals surface area contributed by atoms with E-state index in [0.717, 1.165) is 41.7 Å². The second kappa shape index (κ2) is 9.84. The van der Waals surface area contributed by atoms with Crippen molar-refractivity contribution in [3.63, 3.8) is 0 Å². The Morgan fingerprint density at radius 2 is 1.97 bits per heavy atom. The molecular weight excluding hydrogens is 416 g/mol. The molecular formula is C22H24N4O4S. The number of esters is 1. The molecule has 0 spiro atoms. The normalized spacial score (nSPS) is 15.0. The van der Waals surface area contributed by atoms with Gasteiger partial charge >= 0.3 is 5.97 Å². The SMILES string of the molecule is CCOC(=O)c1ccc(NC(=O)CN2CCC(c3nnc(-c4ccco4)s3)CC2)cc1. The lowest BCUT2D eigenvalue weighted by molar-refractivity contribution is -0.117. The van der Waals surface area contributed by atoms with Crippen LogP contribution in [0.1, 0.15) is 41.0 Å². The summed E-state index contributed by atoms with van der Waals surface area (Å²) in [7, 11) is 0. The third-order valence-electron chi connectivity index (χ3n) is 5.16. The first-order valence-corrected chi connectivity index (χ1v) is 11.1. The van der Waals surface area contributed by atoms with E-state index >= 15 is 0 Å². The zero-order valence-corrected chi connectivity index (χ0v) is 18.1. The summed E-state index contributed by atoms with van der Waals surface area (Å²) in [5.41, 5.74) is 1.13. The van der Waals surface area contributed by atoms with Crippen LogP contribution in [0, 0.1) is 0 Å². The summed E-state index contributed by atoms with van der Waals surface area (Å²) in [5, 5.41) is 13.3. The van der Waals surface area contributed by atoms with Gasteiger partial charge in [0.05, 0.1) is 25.0 Å². The number of anilines is 1. The van der Waals surface area contributed by atoms with Gasteiger partial charge in [-0.25, -0.2) is 4.79 Å². The molecule has 0 bridgehead atoms. The van der Waals surface area contributed by atoms with Crippen LogP contribution >= 0.6 is 11.3 Å². The van der Waals surface area contributed by atoms with E-state index in [0.29, 0.717) is 30.3 Å². The Balaban J connectivity index is 1.24. The molecule has 162 valence electrons. The highest BCUT2D eigenvalue weighted by Gasteiger charge is 2.25. The Morgan fingerprint density at radius 3 is 2.65 bits per heavy atom. The summed E-state index contributed by atoms with van der Waals surface area (Å²) in [6.07, 6.45) is 3.51. The molecule has 1 N–H and O–H groups in total. The van der Waals surface area contributed by atoms with Crippen LogP contribution in [0.15, 0.2) is 47.1 Å². The minimum Gasteiger partial charge on any atom is -0.462 e. The minimum absolute atomic E-state index is 0.0710. The van der Waals surface area contributed by atoms with Crippen LogP contribution < -0.4 is 5.32 Å². The van der Waals surface area contributed by atoms with Gasteiger partial charge in [0.2, 0.25) is 5.91 Å². The lowest BCUT2D eigenvalue weighted by Crippen LogP contribution is -2.38. The van der Waals surface area contributed by atoms with Crippen LogP contribution in [0.2, 0.25) is 0 Å². The molecule has 8 nitrogen and oxygen atoms in total. The van der Waals surface area contributed by atoms with Crippen molar-refractivity contribution in [2.24, 2.45) is 0 Å². The van der Waals surface area contributed by atoms with E-state index in [4.69, 9.17) is 9.15 Å². The topological polar surface area (TPSA) is 97.6 Å². The third kappa shape index (κ3) is 5.36. The van der Waals surface area contributed by atoms with Crippen LogP contribution in [-0.2, 0) is 9.53 Å². The van der Waals surface area contributed by atoms with E-state index in [9.17, 15) is 9.59 Å². The molecule has 1 aromatic carbocycles. The maximum absolute atomic E-state index is 12.4. The maximum Gasteiger partial charge on any atom is 0.338 e. The highest BCUT2D eigenvalue weighted by molar-refractivity contribution is 7.14. The summed E-state index contributed by atoms with van der Waals surface area (Å²) in [5.74, 6) is 0.664. The van der Waals surface area contributed by atoms with E-state index in [2.05, 4.69) is 20.4 Å². The van der Waals surface area contributed by atoms with Crippen LogP contribution in [-0.4, -0.2) is 53.2 Å². The molecule has 0 saturated carbocycles. The molecule has 3 heterocycles. The van der Waals surface area contributed by atoms with Crippen LogP contribution in [0.4, 0.5) is 5.69 Å². The molecule has 1 aliphatic rings. The minimum atomic E-state index is -0.366. The maximum atomic E-state index is 12.4. The number of furan rings is 1. The zero-order chi connectivity index (χ0) is 21.6. The average Bonchev–Trinajstić information content (AvgIpc) is 3.47. The highest BCUT2D eigenvalue weighted by atomic mass is 32.1. The van der Waals surface area contributed by atoms with Gasteiger partial charge < -0.3 is 14.5 Å². The number of likely N-dealkylation sites (tertiary alicyclic amines) is 1. The van der Waals surface area contributed by atoms with Gasteiger partial charge in [0.15, 0.2) is 10.8 Å². The predicted octanol–water partition coefficient (Wildman–Crippen LogP) is 3.79. The first-order chi connectivity index (χ1) is 15.1. The monoisotopic (exact) mass is 440 g/mol. The molecule has 2 aromatic heterocycles. The number of ether oxygens (including phenoxy) is 1. The van der Waals surface area contributed by atoms with Crippen LogP contribution in [0.5, 0.6) is 0 Å². The number of rotatable bonds is 7. The number of aromatic nitrogens is 2. The molecule has 1 saturated heterocycles. The lowest BCUT2D eigenvalue weighted by Gasteiger charge is -2.30. The average molecular weight is 441 g/mol. The van der Waals surface area contributed by atoms with Crippen molar-refractivity contribution in [3.8, 4) is 10.8 Å². The van der Waals surface area contributed by atoms with E-state index in [1.807, 2.05) is 12.1 Å². The fourth-order valence-electron chi connectivity index (χ4n) is 3.55. The summed E-state index contributed by atoms with van der Waals surface area (Å²) in [6.45, 7) is 4.09. The van der Waals surface area contributed by atoms with Gasteiger partial charge in [-0.05, 0) is 69.3 Å². The van der Waals surface area contributed by atoms with Crippen molar-refractivity contribution in [3.05, 3.63) is 53.2 Å². The Kier molecular flexibility index (Phi) is 6.73. The van der Waals surface area contributed by atoms with E-state index in [-0.39, 0.29) is 11.9 Å². The zero-order valence-electron chi connectivity index (χ0n) is 17.2. The number of nitrogens with zero attached hydrogens (tertiary/aromatic N) is 3. The van der Waals surface area contributed by atoms with E-state index in [1.165, 1.54) is 0 Å². The molecule has 4 rings (SSSR count). The van der Waals surface area contributed by atoms with E-state index < -0.39 is 0 Å². The van der Waals surface area contributed by atoms with Crippen molar-refractivity contribution in [1.82, 2.24) is 15.1 Å². The summed E-state index contributed by atoms with van der Waals surface area (Å²) < 4.78 is 10.4. The third-order valence-corrected chi connectivity index (χ3v) is 6.26. The van der Waals surface area contributed by atoms with Crippen LogP contribution in [0.3, 0.4) is 0 Å². The van der Waals surface area contributed by atoms with Gasteiger partial charge in [-0.15, -0.1) is 10.2 Å². The summed E-state index contributed by atoms with van der Waals surface area (Å²) in [6, 6.07) is 10.5. The van der Waals surface area contributed by atoms with E-state index in [1.54, 1.807) is 48.8 Å². The molecule has 0 unspecified atom stereocenters. The summed E-state index contributed by atoms with van der Waals surface area (Å²) >= 11 is 1.57. The smallest absolute Gasteiger partial charge is 0.338 e. The number of amides is 1. The molecule has 3 aromatic rings. The second-order valence-electron chi connectivity index (χ2n) is 7.32. The second-order valence-corrected chi connectivity index (χ2v) is 8.33. The molecule has 0 radical (unpaired) electrons. The predicted molar refractivity (Wildman–Crippen MR) is 117 cm³/mol. The van der Waals surface area contributed by atoms with Crippen LogP contribution in [0.25, 0.3) is 10.8 Å². The van der Waals surface area contributed by atoms with Gasteiger partial charge in [0.25, 0.3) is 0 Å². The number of nitrogens with one attached hydrogen (secondary N) is 1. The molecule has 1 amide bonds. The van der Waals surface area contributed by atoms with Crippen molar-refractivity contribution in [2.45, 2.75) is 25.7 Å². The number of hydrogen-bond donors (Lipinski definition) is 1. The summed E-state index contributed by atoms with van der Waals surface area (Å²) in [4.78, 5) is 26.3. The number of carbonyl (C=O) groups excluding carboxylic acids is 2. The fourth-order valence-corrected chi connectivity index (χ4v) is 4.53. The van der Waals surface area contributed by atoms with Crippen molar-refractivity contribution >= 4 is 28.9 Å². The van der Waals surface area contributed by atoms with Crippen molar-refractivity contribution < 1.29 is 18.7 Å². The van der Waals surface area contributed by atoms with Gasteiger partial charge in [-0.1, -0.05) is 11.3 Å². The van der Waals surface area contributed by atoms with Gasteiger partial charge in [0, 0.05) is 11.6 Å². The first-order valence-electron chi connectivity index (χ1n) is 10.3. The Labute approximate surface area is 184 Å². The molecule has 1 aliphatic heterocycles. The van der Waals surface area contributed by atoms with Gasteiger partial charge in [0.1, 0.15) is 5.01 Å². The van der Waals surface area contributed by atoms with Gasteiger partial charge in [-0.3, -0.25) is 9.69 Å². The first kappa shape index (κ1) is 21.2. The Bertz CT molecular complexity index is 1010. The Morgan fingerprint density at radius 1 is 1.19 bits per heavy atom. The standard InChI is InChI=1S/C22H24N4O4S/c1-2-29-22(28)16-5-7-17(8-6-16)23-19(27)14-26-11-9-15(10-12-26)20-24-25-21(31-20)18-4-3-13-30-18/h3-8,13,15H,2,9-12,14H2,1H3,(H,23,27). The molecule has 0 aliphatic carbocycles. The highest BCUT2D eigenvalue weighted by Crippen LogP contribution is 2.33. The largest absolute Gasteiger partial charge is 0.462 e. The molecule has 0 atom stereocenters. The Hall–Kier alpha value is -3.04. The lowest BCUT2D eigenvalue weighted by atomic mass is 9.98. The number of benzene rings is 1. The number of piperidine rings is 1. The number of hydrogen-bond acceptors (Lipinski definition) is 8. The fraction of sp³-hybridized carbons (Fsp3) is 0.364. The molecule has 9 heteroatoms. The molecule has 1 fully saturated rings. The van der Waals surface area contributed by atoms with Gasteiger partial charge in [-0.2, -0.15) is 0 Å².